The summed E-state index contributed by atoms with van der Waals surface area (Å²) in [6.07, 6.45) is -0.291. The summed E-state index contributed by atoms with van der Waals surface area (Å²) in [6, 6.07) is 0. The second-order valence-corrected chi connectivity index (χ2v) is 1.70. The molecule has 0 aromatic heterocycles. The van der Waals surface area contributed by atoms with Crippen LogP contribution < -0.4 is 0 Å². The molecular weight excluding hydrogens is 110 g/mol. The molecule has 0 spiro atoms. The third-order valence-electron chi connectivity index (χ3n) is 1.01. The first-order valence-electron chi connectivity index (χ1n) is 2.31. The molecule has 0 bridgehead atoms. The fourth-order valence-corrected chi connectivity index (χ4v) is 0.563. The molecule has 0 unspecified atom stereocenters. The van der Waals surface area contributed by atoms with Crippen LogP contribution >= 0.6 is 0 Å². The van der Waals surface area contributed by atoms with Gasteiger partial charge in [-0.2, -0.15) is 0 Å². The fourth-order valence-electron chi connectivity index (χ4n) is 0.563. The van der Waals surface area contributed by atoms with Gasteiger partial charge in [-0.15, -0.1) is 0 Å². The van der Waals surface area contributed by atoms with Crippen molar-refractivity contribution in [1.29, 1.82) is 0 Å². The molecule has 2 N–H and O–H groups in total. The maximum absolute atomic E-state index is 8.62. The Bertz CT molecular complexity index is 98.7. The van der Waals surface area contributed by atoms with Crippen LogP contribution in [0.25, 0.3) is 0 Å². The first kappa shape index (κ1) is 5.30. The van der Waals surface area contributed by atoms with Crippen molar-refractivity contribution in [3.8, 4) is 0 Å². The van der Waals surface area contributed by atoms with Gasteiger partial charge in [0, 0.05) is 5.28 Å². The molecule has 0 aliphatic carbocycles. The summed E-state index contributed by atoms with van der Waals surface area (Å²) >= 11 is 0. The number of hydrogen-bond donors (Lipinski definition) is 2. The highest BCUT2D eigenvalue weighted by Crippen LogP contribution is 2.06. The number of rotatable bonds is 1. The maximum Gasteiger partial charge on any atom is 0.0924 e. The van der Waals surface area contributed by atoms with E-state index in [1.165, 1.54) is 5.01 Å². The van der Waals surface area contributed by atoms with Gasteiger partial charge in [-0.3, -0.25) is 5.01 Å². The van der Waals surface area contributed by atoms with Gasteiger partial charge >= 0.3 is 0 Å². The van der Waals surface area contributed by atoms with E-state index < -0.39 is 0 Å². The van der Waals surface area contributed by atoms with Crippen LogP contribution in [0.4, 0.5) is 0 Å². The first-order chi connectivity index (χ1) is 3.83. The van der Waals surface area contributed by atoms with Crippen molar-refractivity contribution in [2.75, 3.05) is 13.1 Å². The Hall–Kier alpha value is -0.840. The quantitative estimate of drug-likeness (QED) is 0.356. The van der Waals surface area contributed by atoms with Crippen LogP contribution in [-0.2, 0) is 0 Å². The molecule has 0 amide bonds. The minimum absolute atomic E-state index is 0.291. The smallest absolute Gasteiger partial charge is 0.0924 e. The summed E-state index contributed by atoms with van der Waals surface area (Å²) in [4.78, 5) is 0. The third kappa shape index (κ3) is 0.865. The molecule has 0 saturated carbocycles. The Labute approximate surface area is 46.2 Å². The lowest BCUT2D eigenvalue weighted by Crippen LogP contribution is -2.47. The molecule has 46 valence electrons. The van der Waals surface area contributed by atoms with E-state index in [9.17, 15) is 0 Å². The van der Waals surface area contributed by atoms with E-state index in [0.29, 0.717) is 13.1 Å². The summed E-state index contributed by atoms with van der Waals surface area (Å²) in [6.45, 7) is 0.953. The molecule has 8 heavy (non-hydrogen) atoms. The molecule has 0 radical (unpaired) electrons. The molecule has 1 fully saturated rings. The van der Waals surface area contributed by atoms with Crippen LogP contribution in [0.1, 0.15) is 0 Å². The van der Waals surface area contributed by atoms with E-state index in [1.54, 1.807) is 0 Å². The van der Waals surface area contributed by atoms with E-state index in [4.69, 9.17) is 10.3 Å². The average Bonchev–Trinajstić information content (AvgIpc) is 1.64. The zero-order chi connectivity index (χ0) is 5.98. The van der Waals surface area contributed by atoms with Crippen molar-refractivity contribution in [3.05, 3.63) is 0 Å². The number of aliphatic hydroxyl groups excluding tert-OH is 1. The van der Waals surface area contributed by atoms with Gasteiger partial charge in [-0.25, -0.2) is 0 Å². The van der Waals surface area contributed by atoms with Crippen molar-refractivity contribution < 1.29 is 10.3 Å². The molecule has 0 aromatic carbocycles. The Morgan fingerprint density at radius 1 is 1.50 bits per heavy atom. The van der Waals surface area contributed by atoms with Gasteiger partial charge in [0.15, 0.2) is 0 Å². The molecule has 1 aliphatic heterocycles. The highest BCUT2D eigenvalue weighted by atomic mass is 16.5. The largest absolute Gasteiger partial charge is 0.393 e. The van der Waals surface area contributed by atoms with E-state index in [0.717, 1.165) is 0 Å². The molecule has 0 atom stereocenters. The second kappa shape index (κ2) is 1.95. The minimum Gasteiger partial charge on any atom is -0.393 e. The van der Waals surface area contributed by atoms with E-state index in [1.807, 2.05) is 0 Å². The topological polar surface area (TPSA) is 68.4 Å². The van der Waals surface area contributed by atoms with Crippen LogP contribution in [0, 0.1) is 0 Å². The lowest BCUT2D eigenvalue weighted by molar-refractivity contribution is -0.0104. The Morgan fingerprint density at radius 2 is 2.12 bits per heavy atom. The number of aliphatic hydroxyl groups is 1. The molecule has 5 heteroatoms. The molecule has 1 saturated heterocycles. The Balaban J connectivity index is 2.15. The normalized spacial score (nSPS) is 21.9. The Morgan fingerprint density at radius 3 is 2.50 bits per heavy atom. The zero-order valence-electron chi connectivity index (χ0n) is 4.23. The van der Waals surface area contributed by atoms with Crippen molar-refractivity contribution in [3.63, 3.8) is 0 Å². The minimum atomic E-state index is -0.291. The molecule has 0 aromatic rings. The van der Waals surface area contributed by atoms with Gasteiger partial charge in [0.05, 0.1) is 19.2 Å². The molecule has 1 heterocycles. The highest BCUT2D eigenvalue weighted by molar-refractivity contribution is 4.73. The van der Waals surface area contributed by atoms with E-state index in [-0.39, 0.29) is 6.10 Å². The lowest BCUT2D eigenvalue weighted by atomic mass is 10.2. The molecule has 1 rings (SSSR count). The van der Waals surface area contributed by atoms with Crippen molar-refractivity contribution in [1.82, 2.24) is 5.01 Å². The second-order valence-electron chi connectivity index (χ2n) is 1.70. The van der Waals surface area contributed by atoms with Gasteiger partial charge in [0.2, 0.25) is 0 Å². The summed E-state index contributed by atoms with van der Waals surface area (Å²) in [5.74, 6) is 0. The van der Waals surface area contributed by atoms with Crippen LogP contribution in [0.2, 0.25) is 0 Å². The van der Waals surface area contributed by atoms with E-state index >= 15 is 0 Å². The lowest BCUT2D eigenvalue weighted by Gasteiger charge is -2.30. The maximum atomic E-state index is 8.62. The molecular formula is C3H7N3O2. The number of nitrogens with zero attached hydrogens (tertiary/aromatic N) is 3. The van der Waals surface area contributed by atoms with Gasteiger partial charge < -0.3 is 10.3 Å². The van der Waals surface area contributed by atoms with Gasteiger partial charge in [-0.1, -0.05) is 0 Å². The predicted octanol–water partition coefficient (Wildman–Crippen LogP) is -0.581. The van der Waals surface area contributed by atoms with Gasteiger partial charge in [-0.05, 0) is 5.22 Å². The van der Waals surface area contributed by atoms with Crippen LogP contribution in [0.15, 0.2) is 10.5 Å². The summed E-state index contributed by atoms with van der Waals surface area (Å²) < 4.78 is 0. The summed E-state index contributed by atoms with van der Waals surface area (Å²) in [5.41, 5.74) is 0. The van der Waals surface area contributed by atoms with Gasteiger partial charge in [0.25, 0.3) is 0 Å². The van der Waals surface area contributed by atoms with E-state index in [2.05, 4.69) is 10.5 Å². The van der Waals surface area contributed by atoms with Crippen molar-refractivity contribution in [2.24, 2.45) is 10.5 Å². The summed E-state index contributed by atoms with van der Waals surface area (Å²) in [5, 5.41) is 23.7. The van der Waals surface area contributed by atoms with Crippen LogP contribution in [0.3, 0.4) is 0 Å². The average molecular weight is 117 g/mol. The van der Waals surface area contributed by atoms with Crippen molar-refractivity contribution in [2.45, 2.75) is 6.10 Å². The molecule has 5 nitrogen and oxygen atoms in total. The molecule has 1 aliphatic rings. The number of β-amino-alcohol motifs (C(OH)–C–C–N with tert-alkyl or cyclic N) is 1. The monoisotopic (exact) mass is 117 g/mol. The zero-order valence-corrected chi connectivity index (χ0v) is 4.23. The summed E-state index contributed by atoms with van der Waals surface area (Å²) in [7, 11) is 0. The van der Waals surface area contributed by atoms with Crippen molar-refractivity contribution >= 4 is 0 Å². The Kier molecular flexibility index (Phi) is 1.29. The van der Waals surface area contributed by atoms with Crippen LogP contribution in [0.5, 0.6) is 0 Å². The standard InChI is InChI=1S/C3H7N3O2/c7-3-1-6(2-3)4-5-8/h3,7H,1-2H2,(H,4,8). The highest BCUT2D eigenvalue weighted by Gasteiger charge is 2.22. The SMILES string of the molecule is O/N=N/N1CC(O)C1. The first-order valence-corrected chi connectivity index (χ1v) is 2.31. The fraction of sp³-hybridized carbons (Fsp3) is 1.00. The van der Waals surface area contributed by atoms with Crippen LogP contribution in [-0.4, -0.2) is 34.5 Å². The van der Waals surface area contributed by atoms with Gasteiger partial charge in [0.1, 0.15) is 0 Å². The number of hydrogen-bond acceptors (Lipinski definition) is 3. The third-order valence-corrected chi connectivity index (χ3v) is 1.01. The predicted molar refractivity (Wildman–Crippen MR) is 24.2 cm³/mol.